The van der Waals surface area contributed by atoms with Gasteiger partial charge in [0.15, 0.2) is 0 Å². The molecule has 0 aromatic heterocycles. The lowest BCUT2D eigenvalue weighted by molar-refractivity contribution is -0.269. The molecule has 3 nitrogen and oxygen atoms in total. The SMILES string of the molecule is COC(C[SiH3])C(OC)(OC)c1ccccc1. The summed E-state index contributed by atoms with van der Waals surface area (Å²) < 4.78 is 16.7. The van der Waals surface area contributed by atoms with Gasteiger partial charge in [-0.15, -0.1) is 0 Å². The second-order valence-electron chi connectivity index (χ2n) is 3.57. The molecule has 0 spiro atoms. The molecule has 0 N–H and O–H groups in total. The van der Waals surface area contributed by atoms with Gasteiger partial charge in [0.1, 0.15) is 6.10 Å². The highest BCUT2D eigenvalue weighted by Crippen LogP contribution is 2.32. The minimum absolute atomic E-state index is 0.0726. The fraction of sp³-hybridized carbons (Fsp3) is 0.500. The van der Waals surface area contributed by atoms with E-state index >= 15 is 0 Å². The molecule has 16 heavy (non-hydrogen) atoms. The first-order valence-corrected chi connectivity index (χ1v) is 6.85. The van der Waals surface area contributed by atoms with Gasteiger partial charge in [0.25, 0.3) is 0 Å². The van der Waals surface area contributed by atoms with Crippen LogP contribution in [0.5, 0.6) is 0 Å². The van der Waals surface area contributed by atoms with Crippen molar-refractivity contribution in [3.05, 3.63) is 35.9 Å². The number of benzene rings is 1. The van der Waals surface area contributed by atoms with Gasteiger partial charge in [-0.2, -0.15) is 0 Å². The van der Waals surface area contributed by atoms with Crippen molar-refractivity contribution < 1.29 is 14.2 Å². The van der Waals surface area contributed by atoms with Crippen molar-refractivity contribution in [3.8, 4) is 0 Å². The number of ether oxygens (including phenoxy) is 3. The van der Waals surface area contributed by atoms with Crippen molar-refractivity contribution in [1.29, 1.82) is 0 Å². The molecular weight excluding hydrogens is 220 g/mol. The molecule has 0 aliphatic heterocycles. The van der Waals surface area contributed by atoms with Gasteiger partial charge in [-0.25, -0.2) is 0 Å². The molecule has 0 radical (unpaired) electrons. The maximum absolute atomic E-state index is 5.59. The average molecular weight is 240 g/mol. The lowest BCUT2D eigenvalue weighted by Gasteiger charge is -2.37. The van der Waals surface area contributed by atoms with E-state index in [-0.39, 0.29) is 6.10 Å². The summed E-state index contributed by atoms with van der Waals surface area (Å²) in [4.78, 5) is 0. The quantitative estimate of drug-likeness (QED) is 0.547. The van der Waals surface area contributed by atoms with E-state index in [0.717, 1.165) is 21.9 Å². The summed E-state index contributed by atoms with van der Waals surface area (Å²) in [6.07, 6.45) is -0.0726. The van der Waals surface area contributed by atoms with Crippen molar-refractivity contribution in [2.24, 2.45) is 0 Å². The van der Waals surface area contributed by atoms with Crippen LogP contribution >= 0.6 is 0 Å². The van der Waals surface area contributed by atoms with Gasteiger partial charge in [-0.05, 0) is 6.04 Å². The monoisotopic (exact) mass is 240 g/mol. The van der Waals surface area contributed by atoms with Gasteiger partial charge in [0, 0.05) is 37.1 Å². The van der Waals surface area contributed by atoms with Crippen molar-refractivity contribution in [3.63, 3.8) is 0 Å². The first kappa shape index (κ1) is 13.4. The van der Waals surface area contributed by atoms with Gasteiger partial charge < -0.3 is 14.2 Å². The Morgan fingerprint density at radius 3 is 2.06 bits per heavy atom. The molecule has 1 atom stereocenters. The van der Waals surface area contributed by atoms with Crippen molar-refractivity contribution >= 4 is 10.2 Å². The minimum Gasteiger partial charge on any atom is -0.376 e. The lowest BCUT2D eigenvalue weighted by atomic mass is 10.0. The summed E-state index contributed by atoms with van der Waals surface area (Å²) in [5, 5.41) is 0. The summed E-state index contributed by atoms with van der Waals surface area (Å²) in [5.41, 5.74) is 0.989. The Morgan fingerprint density at radius 1 is 1.12 bits per heavy atom. The molecule has 0 saturated heterocycles. The van der Waals surface area contributed by atoms with Gasteiger partial charge in [0.2, 0.25) is 5.79 Å². The molecule has 0 fully saturated rings. The van der Waals surface area contributed by atoms with Crippen LogP contribution in [-0.2, 0) is 20.0 Å². The van der Waals surface area contributed by atoms with Crippen LogP contribution in [0.4, 0.5) is 0 Å². The molecular formula is C12H20O3Si. The highest BCUT2D eigenvalue weighted by Gasteiger charge is 2.40. The highest BCUT2D eigenvalue weighted by atomic mass is 28.1. The third kappa shape index (κ3) is 2.35. The molecule has 4 heteroatoms. The normalized spacial score (nSPS) is 13.9. The van der Waals surface area contributed by atoms with E-state index < -0.39 is 5.79 Å². The molecule has 0 aliphatic carbocycles. The summed E-state index contributed by atoms with van der Waals surface area (Å²) >= 11 is 0. The van der Waals surface area contributed by atoms with Gasteiger partial charge in [-0.1, -0.05) is 30.3 Å². The van der Waals surface area contributed by atoms with E-state index in [0.29, 0.717) is 0 Å². The fourth-order valence-corrected chi connectivity index (χ4v) is 2.90. The van der Waals surface area contributed by atoms with Crippen LogP contribution in [0.25, 0.3) is 0 Å². The molecule has 0 aliphatic rings. The third-order valence-electron chi connectivity index (χ3n) is 2.86. The van der Waals surface area contributed by atoms with Gasteiger partial charge in [-0.3, -0.25) is 0 Å². The predicted octanol–water partition coefficient (Wildman–Crippen LogP) is 0.931. The molecule has 90 valence electrons. The van der Waals surface area contributed by atoms with Crippen LogP contribution in [-0.4, -0.2) is 37.7 Å². The molecule has 1 rings (SSSR count). The van der Waals surface area contributed by atoms with Gasteiger partial charge in [0.05, 0.1) is 0 Å². The maximum Gasteiger partial charge on any atom is 0.221 e. The fourth-order valence-electron chi connectivity index (χ4n) is 2.03. The minimum atomic E-state index is -0.794. The zero-order chi connectivity index (χ0) is 12.0. The largest absolute Gasteiger partial charge is 0.376 e. The Balaban J connectivity index is 3.14. The number of hydrogen-bond acceptors (Lipinski definition) is 3. The van der Waals surface area contributed by atoms with Crippen molar-refractivity contribution in [2.75, 3.05) is 21.3 Å². The standard InChI is InChI=1S/C12H20O3Si/c1-13-11(9-16)12(14-2,15-3)10-7-5-4-6-8-10/h4-8,11H,9H2,1-3,16H3. The Bertz CT molecular complexity index is 294. The molecule has 0 amide bonds. The van der Waals surface area contributed by atoms with Crippen molar-refractivity contribution in [2.45, 2.75) is 17.9 Å². The maximum atomic E-state index is 5.59. The van der Waals surface area contributed by atoms with E-state index in [1.807, 2.05) is 30.3 Å². The van der Waals surface area contributed by atoms with Crippen LogP contribution in [0, 0.1) is 0 Å². The first-order chi connectivity index (χ1) is 7.75. The Morgan fingerprint density at radius 2 is 1.69 bits per heavy atom. The Labute approximate surface area is 100 Å². The van der Waals surface area contributed by atoms with Crippen LogP contribution < -0.4 is 0 Å². The van der Waals surface area contributed by atoms with Crippen molar-refractivity contribution in [1.82, 2.24) is 0 Å². The molecule has 0 bridgehead atoms. The summed E-state index contributed by atoms with van der Waals surface area (Å²) in [6, 6.07) is 10.9. The summed E-state index contributed by atoms with van der Waals surface area (Å²) in [6.45, 7) is 0. The van der Waals surface area contributed by atoms with E-state index in [9.17, 15) is 0 Å². The van der Waals surface area contributed by atoms with E-state index in [2.05, 4.69) is 0 Å². The molecule has 0 heterocycles. The molecule has 1 unspecified atom stereocenters. The predicted molar refractivity (Wildman–Crippen MR) is 67.7 cm³/mol. The second-order valence-corrected chi connectivity index (χ2v) is 4.39. The lowest BCUT2D eigenvalue weighted by Crippen LogP contribution is -2.44. The van der Waals surface area contributed by atoms with E-state index in [1.54, 1.807) is 21.3 Å². The first-order valence-electron chi connectivity index (χ1n) is 5.43. The zero-order valence-electron chi connectivity index (χ0n) is 10.4. The summed E-state index contributed by atoms with van der Waals surface area (Å²) in [7, 11) is 6.04. The van der Waals surface area contributed by atoms with Crippen LogP contribution in [0.3, 0.4) is 0 Å². The van der Waals surface area contributed by atoms with E-state index in [4.69, 9.17) is 14.2 Å². The highest BCUT2D eigenvalue weighted by molar-refractivity contribution is 6.08. The second kappa shape index (κ2) is 6.15. The van der Waals surface area contributed by atoms with E-state index in [1.165, 1.54) is 0 Å². The topological polar surface area (TPSA) is 27.7 Å². The molecule has 1 aromatic rings. The molecule has 1 aromatic carbocycles. The molecule has 0 saturated carbocycles. The van der Waals surface area contributed by atoms with Gasteiger partial charge >= 0.3 is 0 Å². The van der Waals surface area contributed by atoms with Crippen LogP contribution in [0.2, 0.25) is 6.04 Å². The Kier molecular flexibility index (Phi) is 5.14. The third-order valence-corrected chi connectivity index (χ3v) is 3.60. The smallest absolute Gasteiger partial charge is 0.221 e. The zero-order valence-corrected chi connectivity index (χ0v) is 12.4. The number of hydrogen-bond donors (Lipinski definition) is 0. The number of rotatable bonds is 6. The Hall–Kier alpha value is -0.683. The van der Waals surface area contributed by atoms with Crippen LogP contribution in [0.15, 0.2) is 30.3 Å². The number of methoxy groups -OCH3 is 3. The summed E-state index contributed by atoms with van der Waals surface area (Å²) in [5.74, 6) is -0.794. The average Bonchev–Trinajstić information content (AvgIpc) is 2.37. The van der Waals surface area contributed by atoms with Crippen LogP contribution in [0.1, 0.15) is 5.56 Å².